The van der Waals surface area contributed by atoms with E-state index in [1.54, 1.807) is 7.05 Å². The topological polar surface area (TPSA) is 39.7 Å². The van der Waals surface area contributed by atoms with E-state index >= 15 is 0 Å². The first kappa shape index (κ1) is 18.5. The highest BCUT2D eigenvalue weighted by Gasteiger charge is 2.21. The fraction of sp³-hybridized carbons (Fsp3) is 0.929. The minimum atomic E-state index is -2.23. The summed E-state index contributed by atoms with van der Waals surface area (Å²) in [5.74, 6) is 2.02. The van der Waals surface area contributed by atoms with E-state index in [1.807, 2.05) is 16.7 Å². The van der Waals surface area contributed by atoms with Gasteiger partial charge in [0.05, 0.1) is 6.54 Å². The average molecular weight is 322 g/mol. The molecule has 7 heteroatoms. The average Bonchev–Trinajstić information content (AvgIpc) is 2.47. The summed E-state index contributed by atoms with van der Waals surface area (Å²) in [6.45, 7) is 2.28. The molecule has 0 bridgehead atoms. The summed E-state index contributed by atoms with van der Waals surface area (Å²) in [5.41, 5.74) is 0. The van der Waals surface area contributed by atoms with Gasteiger partial charge in [-0.2, -0.15) is 11.8 Å². The predicted octanol–water partition coefficient (Wildman–Crippen LogP) is 2.02. The predicted molar refractivity (Wildman–Crippen MR) is 87.6 cm³/mol. The molecular weight excluding hydrogens is 294 g/mol. The van der Waals surface area contributed by atoms with Crippen LogP contribution in [-0.4, -0.2) is 68.6 Å². The second-order valence-electron chi connectivity index (χ2n) is 5.31. The third kappa shape index (κ3) is 8.46. The van der Waals surface area contributed by atoms with Crippen molar-refractivity contribution in [2.24, 2.45) is 4.99 Å². The Morgan fingerprint density at radius 2 is 2.05 bits per heavy atom. The summed E-state index contributed by atoms with van der Waals surface area (Å²) < 4.78 is 24.6. The van der Waals surface area contributed by atoms with Gasteiger partial charge in [-0.3, -0.25) is 9.89 Å². The van der Waals surface area contributed by atoms with Crippen LogP contribution in [0.5, 0.6) is 0 Å². The lowest BCUT2D eigenvalue weighted by atomic mass is 10.1. The van der Waals surface area contributed by atoms with Crippen LogP contribution in [0.25, 0.3) is 0 Å². The second-order valence-corrected chi connectivity index (χ2v) is 6.29. The summed E-state index contributed by atoms with van der Waals surface area (Å²) in [6, 6.07) is 0.330. The fourth-order valence-electron chi connectivity index (χ4n) is 2.42. The molecule has 1 aliphatic rings. The zero-order valence-electron chi connectivity index (χ0n) is 13.1. The van der Waals surface area contributed by atoms with Crippen molar-refractivity contribution in [2.75, 3.05) is 45.2 Å². The van der Waals surface area contributed by atoms with Crippen molar-refractivity contribution >= 4 is 17.7 Å². The SMILES string of the molecule is CN=C(NCCCCSC)NC1CCN(CC(F)F)CC1. The molecule has 21 heavy (non-hydrogen) atoms. The van der Waals surface area contributed by atoms with Crippen molar-refractivity contribution < 1.29 is 8.78 Å². The van der Waals surface area contributed by atoms with Gasteiger partial charge in [0, 0.05) is 32.7 Å². The minimum absolute atomic E-state index is 0.102. The first-order chi connectivity index (χ1) is 10.2. The van der Waals surface area contributed by atoms with Gasteiger partial charge < -0.3 is 10.6 Å². The smallest absolute Gasteiger partial charge is 0.251 e. The maximum Gasteiger partial charge on any atom is 0.251 e. The van der Waals surface area contributed by atoms with Crippen molar-refractivity contribution in [3.8, 4) is 0 Å². The van der Waals surface area contributed by atoms with Crippen molar-refractivity contribution in [3.05, 3.63) is 0 Å². The zero-order chi connectivity index (χ0) is 15.5. The molecular formula is C14H28F2N4S. The van der Waals surface area contributed by atoms with Crippen LogP contribution in [0.2, 0.25) is 0 Å². The van der Waals surface area contributed by atoms with Crippen LogP contribution < -0.4 is 10.6 Å². The van der Waals surface area contributed by atoms with Crippen molar-refractivity contribution in [1.82, 2.24) is 15.5 Å². The van der Waals surface area contributed by atoms with Crippen LogP contribution in [-0.2, 0) is 0 Å². The van der Waals surface area contributed by atoms with Gasteiger partial charge in [0.2, 0.25) is 0 Å². The Labute approximate surface area is 131 Å². The standard InChI is InChI=1S/C14H28F2N4S/c1-17-14(18-7-3-4-10-21-2)19-12-5-8-20(9-6-12)11-13(15)16/h12-13H,3-11H2,1-2H3,(H2,17,18,19). The van der Waals surface area contributed by atoms with Crippen molar-refractivity contribution in [3.63, 3.8) is 0 Å². The number of hydrogen-bond donors (Lipinski definition) is 2. The number of rotatable bonds is 8. The summed E-state index contributed by atoms with van der Waals surface area (Å²) in [4.78, 5) is 6.06. The Morgan fingerprint density at radius 1 is 1.33 bits per heavy atom. The van der Waals surface area contributed by atoms with Crippen LogP contribution in [0.3, 0.4) is 0 Å². The van der Waals surface area contributed by atoms with Gasteiger partial charge in [0.1, 0.15) is 0 Å². The van der Waals surface area contributed by atoms with Gasteiger partial charge >= 0.3 is 0 Å². The number of guanidine groups is 1. The summed E-state index contributed by atoms with van der Waals surface area (Å²) >= 11 is 1.87. The molecule has 0 unspecified atom stereocenters. The van der Waals surface area contributed by atoms with Crippen molar-refractivity contribution in [2.45, 2.75) is 38.2 Å². The van der Waals surface area contributed by atoms with E-state index in [1.165, 1.54) is 12.2 Å². The lowest BCUT2D eigenvalue weighted by molar-refractivity contribution is 0.0744. The Hall–Kier alpha value is -0.560. The molecule has 1 saturated heterocycles. The first-order valence-corrected chi connectivity index (χ1v) is 9.01. The molecule has 1 heterocycles. The maximum atomic E-state index is 12.3. The lowest BCUT2D eigenvalue weighted by Gasteiger charge is -2.32. The number of nitrogens with zero attached hydrogens (tertiary/aromatic N) is 2. The Kier molecular flexibility index (Phi) is 9.74. The molecule has 0 spiro atoms. The maximum absolute atomic E-state index is 12.3. The molecule has 2 N–H and O–H groups in total. The van der Waals surface area contributed by atoms with Crippen LogP contribution in [0.1, 0.15) is 25.7 Å². The van der Waals surface area contributed by atoms with E-state index in [4.69, 9.17) is 0 Å². The fourth-order valence-corrected chi connectivity index (χ4v) is 2.91. The normalized spacial score (nSPS) is 18.2. The van der Waals surface area contributed by atoms with Gasteiger partial charge in [-0.25, -0.2) is 8.78 Å². The van der Waals surface area contributed by atoms with Crippen molar-refractivity contribution in [1.29, 1.82) is 0 Å². The molecule has 0 amide bonds. The van der Waals surface area contributed by atoms with Gasteiger partial charge in [0.15, 0.2) is 5.96 Å². The molecule has 1 rings (SSSR count). The quantitative estimate of drug-likeness (QED) is 0.407. The summed E-state index contributed by atoms with van der Waals surface area (Å²) in [5, 5.41) is 6.70. The molecule has 4 nitrogen and oxygen atoms in total. The van der Waals surface area contributed by atoms with Gasteiger partial charge in [-0.15, -0.1) is 0 Å². The van der Waals surface area contributed by atoms with E-state index in [-0.39, 0.29) is 6.54 Å². The van der Waals surface area contributed by atoms with E-state index in [2.05, 4.69) is 21.9 Å². The number of nitrogens with one attached hydrogen (secondary N) is 2. The first-order valence-electron chi connectivity index (χ1n) is 7.62. The van der Waals surface area contributed by atoms with Gasteiger partial charge in [0.25, 0.3) is 6.43 Å². The van der Waals surface area contributed by atoms with E-state index in [9.17, 15) is 8.78 Å². The van der Waals surface area contributed by atoms with Crippen LogP contribution >= 0.6 is 11.8 Å². The van der Waals surface area contributed by atoms with Crippen LogP contribution in [0, 0.1) is 0 Å². The van der Waals surface area contributed by atoms with Crippen LogP contribution in [0.4, 0.5) is 8.78 Å². The van der Waals surface area contributed by atoms with Gasteiger partial charge in [-0.05, 0) is 37.7 Å². The number of likely N-dealkylation sites (tertiary alicyclic amines) is 1. The monoisotopic (exact) mass is 322 g/mol. The Bertz CT molecular complexity index is 295. The number of piperidine rings is 1. The number of unbranched alkanes of at least 4 members (excludes halogenated alkanes) is 1. The molecule has 0 aromatic carbocycles. The molecule has 0 atom stereocenters. The molecule has 124 valence electrons. The number of aliphatic imine (C=N–C) groups is 1. The highest BCUT2D eigenvalue weighted by molar-refractivity contribution is 7.98. The van der Waals surface area contributed by atoms with E-state index in [0.29, 0.717) is 6.04 Å². The summed E-state index contributed by atoms with van der Waals surface area (Å²) in [7, 11) is 1.77. The lowest BCUT2D eigenvalue weighted by Crippen LogP contribution is -2.49. The molecule has 0 aromatic heterocycles. The highest BCUT2D eigenvalue weighted by Crippen LogP contribution is 2.11. The number of hydrogen-bond acceptors (Lipinski definition) is 3. The number of alkyl halides is 2. The molecule has 0 radical (unpaired) electrons. The molecule has 0 saturated carbocycles. The summed E-state index contributed by atoms with van der Waals surface area (Å²) in [6.07, 6.45) is 4.00. The Morgan fingerprint density at radius 3 is 2.62 bits per heavy atom. The third-order valence-electron chi connectivity index (χ3n) is 3.62. The number of halogens is 2. The third-order valence-corrected chi connectivity index (χ3v) is 4.31. The molecule has 1 fully saturated rings. The molecule has 0 aromatic rings. The molecule has 0 aliphatic carbocycles. The molecule has 1 aliphatic heterocycles. The van der Waals surface area contributed by atoms with E-state index in [0.717, 1.165) is 44.9 Å². The second kappa shape index (κ2) is 11.1. The van der Waals surface area contributed by atoms with E-state index < -0.39 is 6.43 Å². The highest BCUT2D eigenvalue weighted by atomic mass is 32.2. The largest absolute Gasteiger partial charge is 0.356 e. The van der Waals surface area contributed by atoms with Crippen LogP contribution in [0.15, 0.2) is 4.99 Å². The number of thioether (sulfide) groups is 1. The minimum Gasteiger partial charge on any atom is -0.356 e. The Balaban J connectivity index is 2.17. The van der Waals surface area contributed by atoms with Gasteiger partial charge in [-0.1, -0.05) is 0 Å². The zero-order valence-corrected chi connectivity index (χ0v) is 13.9.